The summed E-state index contributed by atoms with van der Waals surface area (Å²) >= 11 is 0. The summed E-state index contributed by atoms with van der Waals surface area (Å²) in [6, 6.07) is 5.65. The van der Waals surface area contributed by atoms with Gasteiger partial charge in [0.05, 0.1) is 4.90 Å². The van der Waals surface area contributed by atoms with Gasteiger partial charge in [-0.3, -0.25) is 4.79 Å². The molecule has 3 aliphatic carbocycles. The van der Waals surface area contributed by atoms with Crippen LogP contribution in [0.2, 0.25) is 0 Å². The van der Waals surface area contributed by atoms with Crippen molar-refractivity contribution in [1.82, 2.24) is 9.21 Å². The Labute approximate surface area is 174 Å². The van der Waals surface area contributed by atoms with Crippen molar-refractivity contribution in [2.24, 2.45) is 17.8 Å². The molecule has 1 saturated heterocycles. The van der Waals surface area contributed by atoms with Gasteiger partial charge in [0, 0.05) is 32.6 Å². The number of amides is 1. The molecule has 0 unspecified atom stereocenters. The fraction of sp³-hybridized carbons (Fsp3) is 0.696. The summed E-state index contributed by atoms with van der Waals surface area (Å²) < 4.78 is 27.8. The van der Waals surface area contributed by atoms with Crippen molar-refractivity contribution in [2.75, 3.05) is 26.2 Å². The third-order valence-corrected chi connectivity index (χ3v) is 9.77. The van der Waals surface area contributed by atoms with Gasteiger partial charge in [-0.15, -0.1) is 0 Å². The Kier molecular flexibility index (Phi) is 5.19. The van der Waals surface area contributed by atoms with Crippen LogP contribution in [0.1, 0.15) is 56.1 Å². The Balaban J connectivity index is 1.20. The molecule has 1 aromatic carbocycles. The number of fused-ring (bicyclic) bond motifs is 3. The number of aryl methyl sites for hydroxylation is 2. The molecule has 0 N–H and O–H groups in total. The number of carbonyl (C=O) groups is 1. The first-order valence-corrected chi connectivity index (χ1v) is 12.8. The van der Waals surface area contributed by atoms with E-state index in [2.05, 4.69) is 0 Å². The summed E-state index contributed by atoms with van der Waals surface area (Å²) in [6.45, 7) is 1.84. The van der Waals surface area contributed by atoms with E-state index in [-0.39, 0.29) is 5.91 Å². The van der Waals surface area contributed by atoms with Crippen molar-refractivity contribution < 1.29 is 13.2 Å². The van der Waals surface area contributed by atoms with Crippen molar-refractivity contribution in [2.45, 2.75) is 62.7 Å². The monoisotopic (exact) mass is 416 g/mol. The molecule has 29 heavy (non-hydrogen) atoms. The Morgan fingerprint density at radius 2 is 1.72 bits per heavy atom. The minimum Gasteiger partial charge on any atom is -0.340 e. The van der Waals surface area contributed by atoms with Crippen LogP contribution in [0.4, 0.5) is 0 Å². The van der Waals surface area contributed by atoms with Gasteiger partial charge in [0.15, 0.2) is 0 Å². The van der Waals surface area contributed by atoms with E-state index < -0.39 is 10.0 Å². The number of benzene rings is 1. The first-order chi connectivity index (χ1) is 14.0. The molecule has 3 fully saturated rings. The van der Waals surface area contributed by atoms with Gasteiger partial charge >= 0.3 is 0 Å². The van der Waals surface area contributed by atoms with Crippen LogP contribution in [0.5, 0.6) is 0 Å². The molecule has 3 atom stereocenters. The lowest BCUT2D eigenvalue weighted by molar-refractivity contribution is -0.133. The van der Waals surface area contributed by atoms with E-state index >= 15 is 0 Å². The highest BCUT2D eigenvalue weighted by Crippen LogP contribution is 2.49. The average Bonchev–Trinajstić information content (AvgIpc) is 3.36. The van der Waals surface area contributed by atoms with Crippen molar-refractivity contribution in [3.8, 4) is 0 Å². The lowest BCUT2D eigenvalue weighted by atomic mass is 9.86. The number of rotatable bonds is 4. The summed E-state index contributed by atoms with van der Waals surface area (Å²) in [5.74, 6) is 2.41. The van der Waals surface area contributed by atoms with Gasteiger partial charge in [-0.1, -0.05) is 12.5 Å². The van der Waals surface area contributed by atoms with Crippen LogP contribution in [-0.4, -0.2) is 49.7 Å². The third-order valence-electron chi connectivity index (χ3n) is 7.87. The molecule has 0 spiro atoms. The predicted molar refractivity (Wildman–Crippen MR) is 112 cm³/mol. The largest absolute Gasteiger partial charge is 0.340 e. The molecule has 6 heteroatoms. The molecule has 2 saturated carbocycles. The van der Waals surface area contributed by atoms with Crippen LogP contribution in [0.15, 0.2) is 23.1 Å². The van der Waals surface area contributed by atoms with E-state index in [1.807, 2.05) is 17.0 Å². The van der Waals surface area contributed by atoms with Gasteiger partial charge in [-0.2, -0.15) is 4.31 Å². The zero-order valence-corrected chi connectivity index (χ0v) is 18.0. The smallest absolute Gasteiger partial charge is 0.243 e. The summed E-state index contributed by atoms with van der Waals surface area (Å²) in [5, 5.41) is 0. The molecule has 5 rings (SSSR count). The van der Waals surface area contributed by atoms with Crippen LogP contribution in [0.25, 0.3) is 0 Å². The lowest BCUT2D eigenvalue weighted by Gasteiger charge is -2.35. The maximum absolute atomic E-state index is 13.1. The fourth-order valence-corrected chi connectivity index (χ4v) is 7.65. The second kappa shape index (κ2) is 7.69. The SMILES string of the molecule is O=C(C[C@@H]1C[C@@H]2CC[C@@H]1C2)N1CCN(S(=O)(=O)c2ccc3c(c2)CCCC3)CC1. The van der Waals surface area contributed by atoms with Crippen LogP contribution in [0, 0.1) is 17.8 Å². The second-order valence-electron chi connectivity index (χ2n) is 9.56. The molecule has 4 aliphatic rings. The van der Waals surface area contributed by atoms with Gasteiger partial charge in [-0.05, 0) is 86.0 Å². The molecule has 158 valence electrons. The molecular formula is C23H32N2O3S. The van der Waals surface area contributed by atoms with E-state index in [1.54, 1.807) is 10.4 Å². The third kappa shape index (κ3) is 3.74. The van der Waals surface area contributed by atoms with Crippen LogP contribution in [0.3, 0.4) is 0 Å². The average molecular weight is 417 g/mol. The van der Waals surface area contributed by atoms with Gasteiger partial charge < -0.3 is 4.90 Å². The van der Waals surface area contributed by atoms with E-state index in [9.17, 15) is 13.2 Å². The molecule has 2 bridgehead atoms. The van der Waals surface area contributed by atoms with E-state index in [1.165, 1.54) is 43.2 Å². The van der Waals surface area contributed by atoms with E-state index in [0.717, 1.165) is 31.1 Å². The minimum atomic E-state index is -3.48. The van der Waals surface area contributed by atoms with Gasteiger partial charge in [0.25, 0.3) is 0 Å². The van der Waals surface area contributed by atoms with Crippen molar-refractivity contribution >= 4 is 15.9 Å². The van der Waals surface area contributed by atoms with Crippen LogP contribution < -0.4 is 0 Å². The molecule has 5 nitrogen and oxygen atoms in total. The van der Waals surface area contributed by atoms with Gasteiger partial charge in [0.1, 0.15) is 0 Å². The molecule has 1 heterocycles. The number of hydrogen-bond donors (Lipinski definition) is 0. The first kappa shape index (κ1) is 19.6. The maximum atomic E-state index is 13.1. The van der Waals surface area contributed by atoms with E-state index in [4.69, 9.17) is 0 Å². The molecular weight excluding hydrogens is 384 g/mol. The minimum absolute atomic E-state index is 0.230. The number of nitrogens with zero attached hydrogens (tertiary/aromatic N) is 2. The zero-order chi connectivity index (χ0) is 20.0. The quantitative estimate of drug-likeness (QED) is 0.757. The molecule has 0 radical (unpaired) electrons. The molecule has 1 aliphatic heterocycles. The Morgan fingerprint density at radius 3 is 2.41 bits per heavy atom. The van der Waals surface area contributed by atoms with Gasteiger partial charge in [0.2, 0.25) is 15.9 Å². The summed E-state index contributed by atoms with van der Waals surface area (Å²) in [5.41, 5.74) is 2.49. The van der Waals surface area contributed by atoms with Crippen molar-refractivity contribution in [3.05, 3.63) is 29.3 Å². The van der Waals surface area contributed by atoms with Gasteiger partial charge in [-0.25, -0.2) is 8.42 Å². The summed E-state index contributed by atoms with van der Waals surface area (Å²) in [4.78, 5) is 15.1. The highest BCUT2D eigenvalue weighted by molar-refractivity contribution is 7.89. The predicted octanol–water partition coefficient (Wildman–Crippen LogP) is 3.22. The molecule has 1 aromatic rings. The highest BCUT2D eigenvalue weighted by Gasteiger charge is 2.41. The number of hydrogen-bond acceptors (Lipinski definition) is 3. The van der Waals surface area contributed by atoms with Crippen molar-refractivity contribution in [1.29, 1.82) is 0 Å². The summed E-state index contributed by atoms with van der Waals surface area (Å²) in [7, 11) is -3.48. The lowest BCUT2D eigenvalue weighted by Crippen LogP contribution is -2.50. The molecule has 0 aromatic heterocycles. The second-order valence-corrected chi connectivity index (χ2v) is 11.5. The summed E-state index contributed by atoms with van der Waals surface area (Å²) in [6.07, 6.45) is 10.2. The fourth-order valence-electron chi connectivity index (χ4n) is 6.18. The normalized spacial score (nSPS) is 29.8. The van der Waals surface area contributed by atoms with Crippen molar-refractivity contribution in [3.63, 3.8) is 0 Å². The molecule has 1 amide bonds. The first-order valence-electron chi connectivity index (χ1n) is 11.4. The zero-order valence-electron chi connectivity index (χ0n) is 17.2. The highest BCUT2D eigenvalue weighted by atomic mass is 32.2. The number of sulfonamides is 1. The van der Waals surface area contributed by atoms with Crippen LogP contribution in [-0.2, 0) is 27.7 Å². The van der Waals surface area contributed by atoms with Crippen LogP contribution >= 0.6 is 0 Å². The topological polar surface area (TPSA) is 57.7 Å². The Morgan fingerprint density at radius 1 is 0.966 bits per heavy atom. The number of carbonyl (C=O) groups excluding carboxylic acids is 1. The standard InChI is InChI=1S/C23H32N2O3S/c26-23(16-21-14-17-5-6-20(21)13-17)24-9-11-25(12-10-24)29(27,28)22-8-7-18-3-1-2-4-19(18)15-22/h7-8,15,17,20-21H,1-6,9-14,16H2/t17-,20-,21+/m1/s1. The van der Waals surface area contributed by atoms with E-state index in [0.29, 0.717) is 43.4 Å². The Bertz CT molecular complexity index is 889. The maximum Gasteiger partial charge on any atom is 0.243 e. The number of piperazine rings is 1. The Hall–Kier alpha value is -1.40.